The van der Waals surface area contributed by atoms with E-state index in [9.17, 15) is 0 Å². The first-order valence-corrected chi connectivity index (χ1v) is 11.5. The van der Waals surface area contributed by atoms with Crippen LogP contribution in [0.2, 0.25) is 18.1 Å². The van der Waals surface area contributed by atoms with E-state index in [1.54, 1.807) is 0 Å². The normalized spacial score (nSPS) is 32.1. The van der Waals surface area contributed by atoms with Crippen LogP contribution in [0.5, 0.6) is 0 Å². The van der Waals surface area contributed by atoms with Crippen molar-refractivity contribution in [2.75, 3.05) is 6.61 Å². The van der Waals surface area contributed by atoms with Crippen molar-refractivity contribution in [2.24, 2.45) is 0 Å². The lowest BCUT2D eigenvalue weighted by Crippen LogP contribution is -2.46. The molecule has 0 N–H and O–H groups in total. The summed E-state index contributed by atoms with van der Waals surface area (Å²) in [5, 5.41) is 0.271. The van der Waals surface area contributed by atoms with E-state index in [2.05, 4.69) is 40.3 Å². The quantitative estimate of drug-likeness (QED) is 0.705. The Morgan fingerprint density at radius 3 is 2.43 bits per heavy atom. The van der Waals surface area contributed by atoms with Crippen molar-refractivity contribution >= 4 is 8.32 Å². The average Bonchev–Trinajstić information content (AvgIpc) is 2.38. The molecule has 0 aromatic heterocycles. The van der Waals surface area contributed by atoms with Crippen molar-refractivity contribution in [3.63, 3.8) is 0 Å². The molecule has 0 bridgehead atoms. The van der Waals surface area contributed by atoms with Gasteiger partial charge in [-0.25, -0.2) is 0 Å². The summed E-state index contributed by atoms with van der Waals surface area (Å²) in [5.41, 5.74) is 0. The van der Waals surface area contributed by atoms with E-state index in [0.29, 0.717) is 6.10 Å². The van der Waals surface area contributed by atoms with Crippen LogP contribution in [0.1, 0.15) is 59.3 Å². The Morgan fingerprint density at radius 1 is 1.10 bits per heavy atom. The molecule has 0 amide bonds. The van der Waals surface area contributed by atoms with Crippen molar-refractivity contribution in [3.05, 3.63) is 6.42 Å². The minimum Gasteiger partial charge on any atom is -0.414 e. The van der Waals surface area contributed by atoms with E-state index in [1.165, 1.54) is 12.8 Å². The fraction of sp³-hybridized carbons (Fsp3) is 0.941. The van der Waals surface area contributed by atoms with E-state index in [1.807, 2.05) is 0 Å². The van der Waals surface area contributed by atoms with Crippen molar-refractivity contribution < 1.29 is 13.9 Å². The lowest BCUT2D eigenvalue weighted by Gasteiger charge is -2.42. The standard InChI is InChI=1S/C17H33O3Si/c1-17(2,3)21(4,5)20-15-10-8-9-14(13-15)19-16-11-6-7-12-18-16/h8,14-16H,6-7,9-13H2,1-5H3/t14-,15-,16?/m1/s1. The molecule has 2 rings (SSSR count). The average molecular weight is 314 g/mol. The molecule has 4 heteroatoms. The maximum Gasteiger partial charge on any atom is 0.192 e. The van der Waals surface area contributed by atoms with Gasteiger partial charge in [-0.1, -0.05) is 20.8 Å². The van der Waals surface area contributed by atoms with Crippen LogP contribution in [0.25, 0.3) is 0 Å². The first-order valence-electron chi connectivity index (χ1n) is 8.54. The third-order valence-corrected chi connectivity index (χ3v) is 9.67. The van der Waals surface area contributed by atoms with Crippen LogP contribution in [-0.4, -0.2) is 33.4 Å². The van der Waals surface area contributed by atoms with Crippen molar-refractivity contribution in [1.29, 1.82) is 0 Å². The van der Waals surface area contributed by atoms with Crippen LogP contribution < -0.4 is 0 Å². The number of hydrogen-bond acceptors (Lipinski definition) is 3. The zero-order chi connectivity index (χ0) is 15.5. The Bertz CT molecular complexity index is 318. The van der Waals surface area contributed by atoms with Gasteiger partial charge in [0.05, 0.1) is 6.10 Å². The van der Waals surface area contributed by atoms with Gasteiger partial charge in [-0.2, -0.15) is 0 Å². The van der Waals surface area contributed by atoms with E-state index >= 15 is 0 Å². The van der Waals surface area contributed by atoms with Gasteiger partial charge in [0.1, 0.15) is 0 Å². The summed E-state index contributed by atoms with van der Waals surface area (Å²) in [6.45, 7) is 12.4. The summed E-state index contributed by atoms with van der Waals surface area (Å²) in [6.07, 6.45) is 9.53. The van der Waals surface area contributed by atoms with Gasteiger partial charge in [-0.05, 0) is 63.1 Å². The SMILES string of the molecule is CC(C)(C)[Si](C)(C)O[C@@H]1C[CH]C[C@@H](OC2CCCCO2)C1. The first-order chi connectivity index (χ1) is 9.78. The highest BCUT2D eigenvalue weighted by Crippen LogP contribution is 2.39. The fourth-order valence-corrected chi connectivity index (χ4v) is 4.17. The van der Waals surface area contributed by atoms with Gasteiger partial charge in [0.2, 0.25) is 0 Å². The zero-order valence-electron chi connectivity index (χ0n) is 14.5. The van der Waals surface area contributed by atoms with Crippen molar-refractivity contribution in [1.82, 2.24) is 0 Å². The lowest BCUT2D eigenvalue weighted by atomic mass is 9.95. The summed E-state index contributed by atoms with van der Waals surface area (Å²) in [7, 11) is -1.68. The van der Waals surface area contributed by atoms with Crippen LogP contribution in [0.4, 0.5) is 0 Å². The smallest absolute Gasteiger partial charge is 0.192 e. The van der Waals surface area contributed by atoms with Crippen LogP contribution in [-0.2, 0) is 13.9 Å². The zero-order valence-corrected chi connectivity index (χ0v) is 15.5. The van der Waals surface area contributed by atoms with Crippen molar-refractivity contribution in [3.8, 4) is 0 Å². The molecule has 1 aliphatic heterocycles. The molecule has 2 fully saturated rings. The van der Waals surface area contributed by atoms with E-state index in [0.717, 1.165) is 32.3 Å². The molecule has 0 aromatic rings. The highest BCUT2D eigenvalue weighted by Gasteiger charge is 2.40. The monoisotopic (exact) mass is 313 g/mol. The molecule has 1 saturated heterocycles. The molecular formula is C17H33O3Si. The topological polar surface area (TPSA) is 27.7 Å². The Labute approximate surface area is 131 Å². The summed E-state index contributed by atoms with van der Waals surface area (Å²) in [5.74, 6) is 0. The van der Waals surface area contributed by atoms with Crippen LogP contribution in [0, 0.1) is 6.42 Å². The molecule has 0 aromatic carbocycles. The Balaban J connectivity index is 1.83. The maximum atomic E-state index is 6.55. The van der Waals surface area contributed by atoms with Gasteiger partial charge in [-0.15, -0.1) is 0 Å². The molecule has 3 nitrogen and oxygen atoms in total. The highest BCUT2D eigenvalue weighted by atomic mass is 28.4. The minimum atomic E-state index is -1.68. The highest BCUT2D eigenvalue weighted by molar-refractivity contribution is 6.74. The molecule has 123 valence electrons. The second-order valence-corrected chi connectivity index (χ2v) is 12.8. The largest absolute Gasteiger partial charge is 0.414 e. The van der Waals surface area contributed by atoms with Gasteiger partial charge in [-0.3, -0.25) is 0 Å². The second-order valence-electron chi connectivity index (χ2n) is 8.05. The lowest BCUT2D eigenvalue weighted by molar-refractivity contribution is -0.194. The molecule has 0 spiro atoms. The maximum absolute atomic E-state index is 6.55. The van der Waals surface area contributed by atoms with Gasteiger partial charge in [0.25, 0.3) is 0 Å². The van der Waals surface area contributed by atoms with Gasteiger partial charge in [0, 0.05) is 12.7 Å². The Hall–Kier alpha value is 0.0969. The summed E-state index contributed by atoms with van der Waals surface area (Å²) in [4.78, 5) is 0. The molecule has 21 heavy (non-hydrogen) atoms. The minimum absolute atomic E-state index is 0.0174. The van der Waals surface area contributed by atoms with E-state index in [4.69, 9.17) is 13.9 Å². The number of hydrogen-bond donors (Lipinski definition) is 0. The molecule has 1 saturated carbocycles. The summed E-state index contributed by atoms with van der Waals surface area (Å²) < 4.78 is 18.4. The predicted octanol–water partition coefficient (Wildman–Crippen LogP) is 4.68. The van der Waals surface area contributed by atoms with Gasteiger partial charge < -0.3 is 13.9 Å². The van der Waals surface area contributed by atoms with Crippen molar-refractivity contribution in [2.45, 2.75) is 95.9 Å². The molecule has 1 radical (unpaired) electrons. The third-order valence-electron chi connectivity index (χ3n) is 5.13. The molecule has 3 atom stereocenters. The number of rotatable bonds is 4. The molecule has 1 aliphatic carbocycles. The van der Waals surface area contributed by atoms with E-state index in [-0.39, 0.29) is 17.4 Å². The molecule has 2 aliphatic rings. The third kappa shape index (κ3) is 5.05. The fourth-order valence-electron chi connectivity index (χ4n) is 2.79. The molecule has 1 heterocycles. The van der Waals surface area contributed by atoms with Gasteiger partial charge >= 0.3 is 0 Å². The van der Waals surface area contributed by atoms with Gasteiger partial charge in [0.15, 0.2) is 14.6 Å². The number of ether oxygens (including phenoxy) is 2. The Kier molecular flexibility index (Phi) is 5.91. The molecule has 1 unspecified atom stereocenters. The van der Waals surface area contributed by atoms with E-state index < -0.39 is 8.32 Å². The summed E-state index contributed by atoms with van der Waals surface area (Å²) in [6, 6.07) is 0. The predicted molar refractivity (Wildman–Crippen MR) is 88.7 cm³/mol. The van der Waals surface area contributed by atoms with Crippen LogP contribution in [0.15, 0.2) is 0 Å². The van der Waals surface area contributed by atoms with Crippen LogP contribution >= 0.6 is 0 Å². The Morgan fingerprint density at radius 2 is 1.81 bits per heavy atom. The second kappa shape index (κ2) is 7.11. The molecular weight excluding hydrogens is 280 g/mol. The first kappa shape index (κ1) is 17.5. The van der Waals surface area contributed by atoms with Crippen LogP contribution in [0.3, 0.4) is 0 Å². The summed E-state index contributed by atoms with van der Waals surface area (Å²) >= 11 is 0.